The number of oxazole rings is 1. The summed E-state index contributed by atoms with van der Waals surface area (Å²) in [5.74, 6) is 0.742. The van der Waals surface area contributed by atoms with Crippen molar-refractivity contribution in [2.75, 3.05) is 7.11 Å². The molecule has 1 atom stereocenters. The van der Waals surface area contributed by atoms with Crippen LogP contribution in [0.5, 0.6) is 5.75 Å². The fourth-order valence-corrected chi connectivity index (χ4v) is 3.43. The molecule has 0 aliphatic carbocycles. The summed E-state index contributed by atoms with van der Waals surface area (Å²) in [6.07, 6.45) is 1.44. The fraction of sp³-hybridized carbons (Fsp3) is 0.190. The summed E-state index contributed by atoms with van der Waals surface area (Å²) in [6.45, 7) is 1.66. The highest BCUT2D eigenvalue weighted by atomic mass is 35.5. The lowest BCUT2D eigenvalue weighted by Gasteiger charge is -2.22. The van der Waals surface area contributed by atoms with Gasteiger partial charge in [-0.3, -0.25) is 9.69 Å². The lowest BCUT2D eigenvalue weighted by atomic mass is 9.92. The van der Waals surface area contributed by atoms with Crippen molar-refractivity contribution < 1.29 is 18.7 Å². The Bertz CT molecular complexity index is 1080. The fourth-order valence-electron chi connectivity index (χ4n) is 3.24. The Hall–Kier alpha value is -3.32. The number of nitrogens with zero attached hydrogens (tertiary/aromatic N) is 2. The second kappa shape index (κ2) is 7.25. The third-order valence-corrected chi connectivity index (χ3v) is 5.12. The number of aromatic nitrogens is 1. The predicted octanol–water partition coefficient (Wildman–Crippen LogP) is 3.97. The number of urea groups is 1. The van der Waals surface area contributed by atoms with Crippen molar-refractivity contribution in [3.8, 4) is 17.2 Å². The third-order valence-electron chi connectivity index (χ3n) is 4.89. The van der Waals surface area contributed by atoms with Gasteiger partial charge in [0.05, 0.1) is 19.3 Å². The molecule has 1 saturated heterocycles. The molecule has 2 heterocycles. The average Bonchev–Trinajstić information content (AvgIpc) is 3.27. The van der Waals surface area contributed by atoms with Crippen molar-refractivity contribution in [1.29, 1.82) is 0 Å². The number of rotatable bonds is 5. The molecule has 2 aromatic carbocycles. The van der Waals surface area contributed by atoms with Crippen molar-refractivity contribution >= 4 is 23.5 Å². The summed E-state index contributed by atoms with van der Waals surface area (Å²) in [5.41, 5.74) is 0.655. The van der Waals surface area contributed by atoms with E-state index in [2.05, 4.69) is 10.3 Å². The molecular formula is C21H18ClN3O4. The van der Waals surface area contributed by atoms with Gasteiger partial charge in [-0.05, 0) is 48.9 Å². The maximum Gasteiger partial charge on any atom is 0.325 e. The Balaban J connectivity index is 1.55. The topological polar surface area (TPSA) is 84.7 Å². The lowest BCUT2D eigenvalue weighted by molar-refractivity contribution is -0.131. The summed E-state index contributed by atoms with van der Waals surface area (Å²) in [5, 5.41) is 3.24. The van der Waals surface area contributed by atoms with Crippen LogP contribution in [-0.2, 0) is 16.9 Å². The molecule has 8 heteroatoms. The molecule has 4 rings (SSSR count). The largest absolute Gasteiger partial charge is 0.497 e. The first-order valence-corrected chi connectivity index (χ1v) is 9.27. The van der Waals surface area contributed by atoms with Crippen molar-refractivity contribution in [3.05, 3.63) is 71.1 Å². The third kappa shape index (κ3) is 3.45. The van der Waals surface area contributed by atoms with Gasteiger partial charge in [-0.15, -0.1) is 0 Å². The Kier molecular flexibility index (Phi) is 4.76. The Morgan fingerprint density at radius 2 is 1.97 bits per heavy atom. The van der Waals surface area contributed by atoms with Gasteiger partial charge in [0.15, 0.2) is 0 Å². The molecule has 0 saturated carbocycles. The first-order valence-electron chi connectivity index (χ1n) is 8.90. The highest BCUT2D eigenvalue weighted by molar-refractivity contribution is 6.30. The summed E-state index contributed by atoms with van der Waals surface area (Å²) in [4.78, 5) is 31.0. The van der Waals surface area contributed by atoms with Crippen molar-refractivity contribution in [3.63, 3.8) is 0 Å². The summed E-state index contributed by atoms with van der Waals surface area (Å²) in [6, 6.07) is 13.6. The number of ether oxygens (including phenoxy) is 1. The number of amides is 3. The van der Waals surface area contributed by atoms with Gasteiger partial charge in [-0.25, -0.2) is 9.78 Å². The van der Waals surface area contributed by atoms with Crippen molar-refractivity contribution in [2.24, 2.45) is 0 Å². The minimum atomic E-state index is -1.19. The van der Waals surface area contributed by atoms with E-state index in [-0.39, 0.29) is 12.5 Å². The normalized spacial score (nSPS) is 18.8. The number of hydrogen-bond donors (Lipinski definition) is 1. The van der Waals surface area contributed by atoms with E-state index in [1.807, 2.05) is 12.1 Å². The molecule has 1 fully saturated rings. The van der Waals surface area contributed by atoms with Crippen LogP contribution >= 0.6 is 11.6 Å². The standard InChI is InChI=1S/C21H18ClN3O4/c1-21(14-4-3-5-15(22)10-14)19(26)25(20(27)24-21)11-16-12-29-18(23-16)13-6-8-17(28-2)9-7-13/h3-10,12H,11H2,1-2H3,(H,24,27). The van der Waals surface area contributed by atoms with E-state index in [0.717, 1.165) is 16.2 Å². The monoisotopic (exact) mass is 411 g/mol. The van der Waals surface area contributed by atoms with Crippen LogP contribution < -0.4 is 10.1 Å². The van der Waals surface area contributed by atoms with E-state index in [1.165, 1.54) is 6.26 Å². The van der Waals surface area contributed by atoms with Gasteiger partial charge < -0.3 is 14.5 Å². The van der Waals surface area contributed by atoms with Gasteiger partial charge in [0.25, 0.3) is 5.91 Å². The van der Waals surface area contributed by atoms with Crippen molar-refractivity contribution in [2.45, 2.75) is 19.0 Å². The van der Waals surface area contributed by atoms with E-state index in [9.17, 15) is 9.59 Å². The first kappa shape index (κ1) is 19.0. The molecular weight excluding hydrogens is 394 g/mol. The molecule has 0 bridgehead atoms. The highest BCUT2D eigenvalue weighted by Crippen LogP contribution is 2.31. The smallest absolute Gasteiger partial charge is 0.325 e. The van der Waals surface area contributed by atoms with Gasteiger partial charge in [0.2, 0.25) is 5.89 Å². The van der Waals surface area contributed by atoms with Crippen LogP contribution in [0.2, 0.25) is 5.02 Å². The number of halogens is 1. The molecule has 1 N–H and O–H groups in total. The van der Waals surface area contributed by atoms with Crippen LogP contribution in [-0.4, -0.2) is 28.9 Å². The zero-order valence-electron chi connectivity index (χ0n) is 15.8. The molecule has 1 aliphatic heterocycles. The second-order valence-electron chi connectivity index (χ2n) is 6.83. The zero-order chi connectivity index (χ0) is 20.6. The zero-order valence-corrected chi connectivity index (χ0v) is 16.6. The van der Waals surface area contributed by atoms with Crippen LogP contribution in [0, 0.1) is 0 Å². The number of methoxy groups -OCH3 is 1. The average molecular weight is 412 g/mol. The lowest BCUT2D eigenvalue weighted by Crippen LogP contribution is -2.40. The summed E-state index contributed by atoms with van der Waals surface area (Å²) < 4.78 is 10.7. The highest BCUT2D eigenvalue weighted by Gasteiger charge is 2.49. The number of nitrogens with one attached hydrogen (secondary N) is 1. The van der Waals surface area contributed by atoms with E-state index >= 15 is 0 Å². The van der Waals surface area contributed by atoms with Crippen LogP contribution in [0.1, 0.15) is 18.2 Å². The van der Waals surface area contributed by atoms with E-state index < -0.39 is 11.6 Å². The molecule has 1 aromatic heterocycles. The van der Waals surface area contributed by atoms with E-state index in [4.69, 9.17) is 20.8 Å². The van der Waals surface area contributed by atoms with Crippen molar-refractivity contribution in [1.82, 2.24) is 15.2 Å². The molecule has 0 spiro atoms. The molecule has 3 aromatic rings. The SMILES string of the molecule is COc1ccc(-c2nc(CN3C(=O)NC(C)(c4cccc(Cl)c4)C3=O)co2)cc1. The minimum absolute atomic E-state index is 0.000473. The van der Waals surface area contributed by atoms with E-state index in [0.29, 0.717) is 22.2 Å². The number of hydrogen-bond acceptors (Lipinski definition) is 5. The van der Waals surface area contributed by atoms with E-state index in [1.54, 1.807) is 50.4 Å². The second-order valence-corrected chi connectivity index (χ2v) is 7.27. The van der Waals surface area contributed by atoms with Gasteiger partial charge in [0, 0.05) is 10.6 Å². The van der Waals surface area contributed by atoms with Gasteiger partial charge in [-0.2, -0.15) is 0 Å². The number of benzene rings is 2. The predicted molar refractivity (Wildman–Crippen MR) is 106 cm³/mol. The Labute approximate surface area is 172 Å². The first-order chi connectivity index (χ1) is 13.9. The quantitative estimate of drug-likeness (QED) is 0.642. The van der Waals surface area contributed by atoms with Gasteiger partial charge in [0.1, 0.15) is 17.6 Å². The molecule has 1 unspecified atom stereocenters. The molecule has 148 valence electrons. The minimum Gasteiger partial charge on any atom is -0.497 e. The van der Waals surface area contributed by atoms with Crippen LogP contribution in [0.25, 0.3) is 11.5 Å². The Morgan fingerprint density at radius 3 is 2.66 bits per heavy atom. The number of carbonyl (C=O) groups is 2. The van der Waals surface area contributed by atoms with Gasteiger partial charge >= 0.3 is 6.03 Å². The van der Waals surface area contributed by atoms with Crippen LogP contribution in [0.15, 0.2) is 59.2 Å². The maximum atomic E-state index is 13.0. The Morgan fingerprint density at radius 1 is 1.21 bits per heavy atom. The maximum absolute atomic E-state index is 13.0. The molecule has 29 heavy (non-hydrogen) atoms. The number of imide groups is 1. The summed E-state index contributed by atoms with van der Waals surface area (Å²) >= 11 is 6.05. The molecule has 1 aliphatic rings. The number of carbonyl (C=O) groups excluding carboxylic acids is 2. The van der Waals surface area contributed by atoms with Crippen LogP contribution in [0.3, 0.4) is 0 Å². The van der Waals surface area contributed by atoms with Gasteiger partial charge in [-0.1, -0.05) is 23.7 Å². The summed E-state index contributed by atoms with van der Waals surface area (Å²) in [7, 11) is 1.59. The molecule has 3 amide bonds. The molecule has 7 nitrogen and oxygen atoms in total. The molecule has 0 radical (unpaired) electrons. The van der Waals surface area contributed by atoms with Crippen LogP contribution in [0.4, 0.5) is 4.79 Å².